The Morgan fingerprint density at radius 1 is 0.410 bits per heavy atom. The van der Waals surface area contributed by atoms with Crippen molar-refractivity contribution in [2.45, 2.75) is 5.41 Å². The van der Waals surface area contributed by atoms with Gasteiger partial charge in [0.05, 0.1) is 49.7 Å². The van der Waals surface area contributed by atoms with Gasteiger partial charge in [-0.05, 0) is 75.3 Å². The minimum absolute atomic E-state index is 0.349. The first-order valence-corrected chi connectivity index (χ1v) is 26.3. The second-order valence-corrected chi connectivity index (χ2v) is 20.4. The Bertz CT molecular complexity index is 5000. The fourth-order valence-electron chi connectivity index (χ4n) is 13.7. The van der Waals surface area contributed by atoms with Gasteiger partial charge in [0.15, 0.2) is 17.5 Å². The first kappa shape index (κ1) is 42.7. The topological polar surface area (TPSA) is 85.5 Å². The number of fused-ring (bicyclic) bond motifs is 22. The van der Waals surface area contributed by atoms with Gasteiger partial charge in [-0.25, -0.2) is 15.0 Å². The summed E-state index contributed by atoms with van der Waals surface area (Å²) in [5, 5.41) is 18.0. The molecule has 2 aliphatic carbocycles. The first-order chi connectivity index (χ1) is 38.7. The fraction of sp³-hybridized carbons (Fsp3) is 0.0141. The van der Waals surface area contributed by atoms with Crippen molar-refractivity contribution in [2.24, 2.45) is 0 Å². The monoisotopic (exact) mass is 992 g/mol. The van der Waals surface area contributed by atoms with E-state index in [0.717, 1.165) is 76.9 Å². The number of rotatable bonds is 5. The van der Waals surface area contributed by atoms with Gasteiger partial charge in [-0.1, -0.05) is 206 Å². The molecule has 0 saturated heterocycles. The molecule has 0 fully saturated rings. The molecular formula is C71H40N6O. The highest BCUT2D eigenvalue weighted by molar-refractivity contribution is 6.33. The summed E-state index contributed by atoms with van der Waals surface area (Å²) in [5.74, 6) is 1.34. The third-order valence-corrected chi connectivity index (χ3v) is 16.6. The van der Waals surface area contributed by atoms with Crippen LogP contribution in [0.15, 0.2) is 247 Å². The van der Waals surface area contributed by atoms with Crippen molar-refractivity contribution < 1.29 is 4.42 Å². The molecule has 1 spiro atoms. The molecule has 17 rings (SSSR count). The quantitative estimate of drug-likeness (QED) is 0.171. The van der Waals surface area contributed by atoms with Crippen LogP contribution in [0.4, 0.5) is 0 Å². The highest BCUT2D eigenvalue weighted by Crippen LogP contribution is 2.67. The van der Waals surface area contributed by atoms with Crippen molar-refractivity contribution >= 4 is 65.6 Å². The predicted molar refractivity (Wildman–Crippen MR) is 313 cm³/mol. The lowest BCUT2D eigenvalue weighted by atomic mass is 9.69. The molecule has 0 atom stereocenters. The molecule has 0 radical (unpaired) electrons. The molecule has 0 N–H and O–H groups in total. The summed E-state index contributed by atoms with van der Waals surface area (Å²) in [4.78, 5) is 15.5. The van der Waals surface area contributed by atoms with Gasteiger partial charge in [-0.3, -0.25) is 0 Å². The summed E-state index contributed by atoms with van der Waals surface area (Å²) >= 11 is 0. The summed E-state index contributed by atoms with van der Waals surface area (Å²) in [6.07, 6.45) is 0. The van der Waals surface area contributed by atoms with Crippen LogP contribution >= 0.6 is 0 Å². The molecule has 360 valence electrons. The van der Waals surface area contributed by atoms with Crippen LogP contribution in [0.25, 0.3) is 133 Å². The second-order valence-electron chi connectivity index (χ2n) is 20.4. The number of furan rings is 1. The Morgan fingerprint density at radius 2 is 0.897 bits per heavy atom. The zero-order valence-electron chi connectivity index (χ0n) is 41.7. The Labute approximate surface area is 446 Å². The molecule has 0 aliphatic heterocycles. The molecule has 78 heavy (non-hydrogen) atoms. The standard InChI is InChI=1S/C71H40N6O/c72-41-44-40-57(60-51-33-15-21-39-58(51)78-67(60)59(44)70-74-68(42-22-4-1-5-23-42)73-69(75-70)43-24-6-2-7-25-43)77-56-38-20-13-31-49(56)62-64-61(65-63(66(62)77)50-32-14-19-37-55(50)76(65)45-26-8-3-9-27-45)48-30-12-18-36-54(48)71(64)52-34-16-10-28-46(52)47-29-11-17-35-53(47)71/h1-40H. The number of benzene rings is 11. The molecule has 0 bridgehead atoms. The van der Waals surface area contributed by atoms with Gasteiger partial charge in [0.2, 0.25) is 0 Å². The average Bonchev–Trinajstić information content (AvgIpc) is 2.93. The van der Waals surface area contributed by atoms with E-state index < -0.39 is 5.41 Å². The van der Waals surface area contributed by atoms with Gasteiger partial charge < -0.3 is 13.6 Å². The van der Waals surface area contributed by atoms with Crippen LogP contribution in [0, 0.1) is 11.3 Å². The van der Waals surface area contributed by atoms with E-state index in [1.165, 1.54) is 44.5 Å². The number of hydrogen-bond donors (Lipinski definition) is 0. The van der Waals surface area contributed by atoms with Crippen LogP contribution in [0.1, 0.15) is 27.8 Å². The van der Waals surface area contributed by atoms with Crippen molar-refractivity contribution in [3.05, 3.63) is 270 Å². The van der Waals surface area contributed by atoms with Crippen LogP contribution in [0.3, 0.4) is 0 Å². The van der Waals surface area contributed by atoms with Gasteiger partial charge in [0, 0.05) is 49.3 Å². The van der Waals surface area contributed by atoms with Crippen LogP contribution in [0.5, 0.6) is 0 Å². The van der Waals surface area contributed by atoms with Gasteiger partial charge in [0.25, 0.3) is 0 Å². The molecule has 7 nitrogen and oxygen atoms in total. The Morgan fingerprint density at radius 3 is 1.53 bits per heavy atom. The summed E-state index contributed by atoms with van der Waals surface area (Å²) in [6, 6.07) is 88.5. The fourth-order valence-corrected chi connectivity index (χ4v) is 13.7. The van der Waals surface area contributed by atoms with E-state index in [1.807, 2.05) is 72.8 Å². The zero-order chi connectivity index (χ0) is 51.2. The summed E-state index contributed by atoms with van der Waals surface area (Å²) in [5.41, 5.74) is 19.1. The number of hydrogen-bond acceptors (Lipinski definition) is 5. The van der Waals surface area contributed by atoms with Gasteiger partial charge >= 0.3 is 0 Å². The van der Waals surface area contributed by atoms with Gasteiger partial charge in [0.1, 0.15) is 17.2 Å². The summed E-state index contributed by atoms with van der Waals surface area (Å²) in [7, 11) is 0. The van der Waals surface area contributed by atoms with Crippen molar-refractivity contribution in [3.63, 3.8) is 0 Å². The maximum Gasteiger partial charge on any atom is 0.169 e. The lowest BCUT2D eigenvalue weighted by molar-refractivity contribution is 0.669. The summed E-state index contributed by atoms with van der Waals surface area (Å²) < 4.78 is 12.1. The van der Waals surface area contributed by atoms with E-state index >= 15 is 0 Å². The lowest BCUT2D eigenvalue weighted by Crippen LogP contribution is -2.26. The molecule has 4 aromatic heterocycles. The highest BCUT2D eigenvalue weighted by atomic mass is 16.3. The molecular weight excluding hydrogens is 953 g/mol. The largest absolute Gasteiger partial charge is 0.455 e. The van der Waals surface area contributed by atoms with E-state index in [0.29, 0.717) is 39.8 Å². The normalized spacial score (nSPS) is 13.0. The van der Waals surface area contributed by atoms with Crippen molar-refractivity contribution in [1.29, 1.82) is 5.26 Å². The average molecular weight is 993 g/mol. The Balaban J connectivity index is 1.10. The van der Waals surface area contributed by atoms with E-state index in [-0.39, 0.29) is 0 Å². The van der Waals surface area contributed by atoms with Crippen LogP contribution in [0.2, 0.25) is 0 Å². The molecule has 0 unspecified atom stereocenters. The molecule has 2 aliphatic rings. The third kappa shape index (κ3) is 5.52. The van der Waals surface area contributed by atoms with Gasteiger partial charge in [-0.15, -0.1) is 0 Å². The van der Waals surface area contributed by atoms with Crippen LogP contribution in [-0.4, -0.2) is 24.1 Å². The Kier molecular flexibility index (Phi) is 8.71. The van der Waals surface area contributed by atoms with Crippen LogP contribution < -0.4 is 0 Å². The molecule has 15 aromatic rings. The minimum atomic E-state index is -0.705. The molecule has 0 saturated carbocycles. The number of nitriles is 1. The number of nitrogens with zero attached hydrogens (tertiary/aromatic N) is 6. The molecule has 7 heteroatoms. The minimum Gasteiger partial charge on any atom is -0.455 e. The van der Waals surface area contributed by atoms with E-state index in [9.17, 15) is 5.26 Å². The van der Waals surface area contributed by atoms with E-state index in [4.69, 9.17) is 19.4 Å². The third-order valence-electron chi connectivity index (χ3n) is 16.6. The molecule has 4 heterocycles. The molecule has 11 aromatic carbocycles. The SMILES string of the molecule is N#Cc1cc(-n2c3ccccc3c3c4c(c5c(c6ccccc6n5-c5ccccc5)c32)-c2ccccc2C42c3ccccc3-c3ccccc32)c2c(oc3ccccc32)c1-c1nc(-c2ccccc2)nc(-c2ccccc2)n1. The van der Waals surface area contributed by atoms with Gasteiger partial charge in [-0.2, -0.15) is 5.26 Å². The van der Waals surface area contributed by atoms with Crippen LogP contribution in [-0.2, 0) is 5.41 Å². The predicted octanol–water partition coefficient (Wildman–Crippen LogP) is 17.2. The second kappa shape index (κ2) is 15.9. The first-order valence-electron chi connectivity index (χ1n) is 26.3. The smallest absolute Gasteiger partial charge is 0.169 e. The Hall–Kier alpha value is -10.7. The highest BCUT2D eigenvalue weighted by Gasteiger charge is 2.54. The summed E-state index contributed by atoms with van der Waals surface area (Å²) in [6.45, 7) is 0. The van der Waals surface area contributed by atoms with E-state index in [2.05, 4.69) is 185 Å². The van der Waals surface area contributed by atoms with Crippen molar-refractivity contribution in [3.8, 4) is 73.9 Å². The zero-order valence-corrected chi connectivity index (χ0v) is 41.7. The maximum atomic E-state index is 11.8. The number of para-hydroxylation sites is 4. The van der Waals surface area contributed by atoms with Crippen molar-refractivity contribution in [2.75, 3.05) is 0 Å². The maximum absolute atomic E-state index is 11.8. The van der Waals surface area contributed by atoms with Crippen molar-refractivity contribution in [1.82, 2.24) is 24.1 Å². The molecule has 0 amide bonds. The van der Waals surface area contributed by atoms with E-state index in [1.54, 1.807) is 0 Å². The lowest BCUT2D eigenvalue weighted by Gasteiger charge is -2.31. The number of aromatic nitrogens is 5.